The number of hydrogen-bond acceptors (Lipinski definition) is 3. The molecule has 4 heteroatoms. The molecule has 0 aromatic heterocycles. The van der Waals surface area contributed by atoms with Crippen LogP contribution in [-0.2, 0) is 9.53 Å². The highest BCUT2D eigenvalue weighted by atomic mass is 16.5. The lowest BCUT2D eigenvalue weighted by Gasteiger charge is -2.22. The van der Waals surface area contributed by atoms with E-state index < -0.39 is 0 Å². The molecule has 1 rings (SSSR count). The lowest BCUT2D eigenvalue weighted by atomic mass is 10.0. The molecule has 15 heavy (non-hydrogen) atoms. The van der Waals surface area contributed by atoms with Gasteiger partial charge in [0.2, 0.25) is 5.91 Å². The van der Waals surface area contributed by atoms with Gasteiger partial charge in [0.25, 0.3) is 0 Å². The van der Waals surface area contributed by atoms with Gasteiger partial charge in [-0.1, -0.05) is 0 Å². The van der Waals surface area contributed by atoms with Gasteiger partial charge in [0.15, 0.2) is 0 Å². The molecule has 1 saturated heterocycles. The molecular weight excluding hydrogens is 194 g/mol. The standard InChI is InChI=1S/C11H21NO3/c13-6-2-1-5-11(14)12-8-10-4-3-7-15-9-10/h10,13H,1-9H2,(H,12,14). The summed E-state index contributed by atoms with van der Waals surface area (Å²) in [7, 11) is 0. The number of hydrogen-bond donors (Lipinski definition) is 2. The molecule has 1 amide bonds. The smallest absolute Gasteiger partial charge is 0.220 e. The highest BCUT2D eigenvalue weighted by Crippen LogP contribution is 2.12. The van der Waals surface area contributed by atoms with E-state index in [9.17, 15) is 4.79 Å². The Morgan fingerprint density at radius 3 is 3.00 bits per heavy atom. The maximum atomic E-state index is 11.3. The van der Waals surface area contributed by atoms with Crippen LogP contribution in [0.1, 0.15) is 32.1 Å². The lowest BCUT2D eigenvalue weighted by molar-refractivity contribution is -0.121. The molecule has 1 aliphatic heterocycles. The SMILES string of the molecule is O=C(CCCCO)NCC1CCCOC1. The second-order valence-corrected chi connectivity index (χ2v) is 4.07. The Hall–Kier alpha value is -0.610. The number of ether oxygens (including phenoxy) is 1. The van der Waals surface area contributed by atoms with E-state index in [1.54, 1.807) is 0 Å². The van der Waals surface area contributed by atoms with Gasteiger partial charge in [-0.3, -0.25) is 4.79 Å². The van der Waals surface area contributed by atoms with Gasteiger partial charge in [-0.2, -0.15) is 0 Å². The average molecular weight is 215 g/mol. The minimum Gasteiger partial charge on any atom is -0.396 e. The molecule has 0 spiro atoms. The van der Waals surface area contributed by atoms with E-state index in [0.717, 1.165) is 39.0 Å². The summed E-state index contributed by atoms with van der Waals surface area (Å²) in [5.74, 6) is 0.578. The van der Waals surface area contributed by atoms with E-state index in [4.69, 9.17) is 9.84 Å². The number of nitrogens with one attached hydrogen (secondary N) is 1. The summed E-state index contributed by atoms with van der Waals surface area (Å²) in [6.45, 7) is 2.54. The van der Waals surface area contributed by atoms with Crippen molar-refractivity contribution >= 4 is 5.91 Å². The Balaban J connectivity index is 2.00. The van der Waals surface area contributed by atoms with Gasteiger partial charge in [0.1, 0.15) is 0 Å². The molecule has 0 bridgehead atoms. The molecule has 0 saturated carbocycles. The summed E-state index contributed by atoms with van der Waals surface area (Å²) in [5.41, 5.74) is 0. The van der Waals surface area contributed by atoms with Crippen LogP contribution in [0.2, 0.25) is 0 Å². The van der Waals surface area contributed by atoms with Gasteiger partial charge in [0, 0.05) is 26.2 Å². The van der Waals surface area contributed by atoms with Crippen LogP contribution in [-0.4, -0.2) is 37.4 Å². The molecule has 88 valence electrons. The van der Waals surface area contributed by atoms with Gasteiger partial charge in [0.05, 0.1) is 6.61 Å². The molecule has 1 aliphatic rings. The second-order valence-electron chi connectivity index (χ2n) is 4.07. The zero-order valence-corrected chi connectivity index (χ0v) is 9.21. The van der Waals surface area contributed by atoms with E-state index in [-0.39, 0.29) is 12.5 Å². The predicted molar refractivity (Wildman–Crippen MR) is 57.5 cm³/mol. The topological polar surface area (TPSA) is 58.6 Å². The normalized spacial score (nSPS) is 21.3. The molecule has 1 unspecified atom stereocenters. The summed E-state index contributed by atoms with van der Waals surface area (Å²) in [5, 5.41) is 11.5. The summed E-state index contributed by atoms with van der Waals surface area (Å²) in [6.07, 6.45) is 4.25. The van der Waals surface area contributed by atoms with Crippen LogP contribution in [0.3, 0.4) is 0 Å². The van der Waals surface area contributed by atoms with Crippen molar-refractivity contribution in [3.63, 3.8) is 0 Å². The van der Waals surface area contributed by atoms with Crippen molar-refractivity contribution < 1.29 is 14.6 Å². The van der Waals surface area contributed by atoms with Crippen LogP contribution in [0.15, 0.2) is 0 Å². The van der Waals surface area contributed by atoms with Gasteiger partial charge in [-0.05, 0) is 31.6 Å². The van der Waals surface area contributed by atoms with Crippen molar-refractivity contribution in [1.29, 1.82) is 0 Å². The number of unbranched alkanes of at least 4 members (excludes halogenated alkanes) is 1. The number of amides is 1. The number of aliphatic hydroxyl groups excluding tert-OH is 1. The van der Waals surface area contributed by atoms with Gasteiger partial charge in [-0.15, -0.1) is 0 Å². The van der Waals surface area contributed by atoms with Crippen molar-refractivity contribution in [2.45, 2.75) is 32.1 Å². The van der Waals surface area contributed by atoms with Crippen LogP contribution in [0.5, 0.6) is 0 Å². The summed E-state index contributed by atoms with van der Waals surface area (Å²) < 4.78 is 5.33. The Morgan fingerprint density at radius 1 is 1.47 bits per heavy atom. The van der Waals surface area contributed by atoms with Crippen molar-refractivity contribution in [2.75, 3.05) is 26.4 Å². The van der Waals surface area contributed by atoms with Crippen molar-refractivity contribution in [2.24, 2.45) is 5.92 Å². The van der Waals surface area contributed by atoms with Crippen LogP contribution < -0.4 is 5.32 Å². The monoisotopic (exact) mass is 215 g/mol. The number of carbonyl (C=O) groups is 1. The first kappa shape index (κ1) is 12.5. The highest BCUT2D eigenvalue weighted by molar-refractivity contribution is 5.75. The first-order chi connectivity index (χ1) is 7.33. The quantitative estimate of drug-likeness (QED) is 0.641. The Morgan fingerprint density at radius 2 is 2.33 bits per heavy atom. The molecule has 1 atom stereocenters. The lowest BCUT2D eigenvalue weighted by Crippen LogP contribution is -2.33. The second kappa shape index (κ2) is 7.65. The summed E-state index contributed by atoms with van der Waals surface area (Å²) in [6, 6.07) is 0. The Bertz CT molecular complexity index is 179. The maximum absolute atomic E-state index is 11.3. The summed E-state index contributed by atoms with van der Waals surface area (Å²) >= 11 is 0. The van der Waals surface area contributed by atoms with E-state index in [1.807, 2.05) is 0 Å². The zero-order chi connectivity index (χ0) is 10.9. The van der Waals surface area contributed by atoms with E-state index in [0.29, 0.717) is 18.8 Å². The van der Waals surface area contributed by atoms with Crippen molar-refractivity contribution in [3.8, 4) is 0 Å². The first-order valence-electron chi connectivity index (χ1n) is 5.78. The molecule has 1 heterocycles. The third-order valence-electron chi connectivity index (χ3n) is 2.65. The fourth-order valence-corrected chi connectivity index (χ4v) is 1.71. The van der Waals surface area contributed by atoms with Crippen LogP contribution in [0.25, 0.3) is 0 Å². The van der Waals surface area contributed by atoms with Gasteiger partial charge >= 0.3 is 0 Å². The third kappa shape index (κ3) is 5.74. The van der Waals surface area contributed by atoms with Crippen molar-refractivity contribution in [1.82, 2.24) is 5.32 Å². The van der Waals surface area contributed by atoms with E-state index in [2.05, 4.69) is 5.32 Å². The van der Waals surface area contributed by atoms with Gasteiger partial charge < -0.3 is 15.2 Å². The van der Waals surface area contributed by atoms with Crippen LogP contribution >= 0.6 is 0 Å². The Labute approximate surface area is 91.0 Å². The predicted octanol–water partition coefficient (Wildman–Crippen LogP) is 0.692. The summed E-state index contributed by atoms with van der Waals surface area (Å²) in [4.78, 5) is 11.3. The zero-order valence-electron chi connectivity index (χ0n) is 9.21. The molecule has 4 nitrogen and oxygen atoms in total. The van der Waals surface area contributed by atoms with Crippen LogP contribution in [0, 0.1) is 5.92 Å². The fourth-order valence-electron chi connectivity index (χ4n) is 1.71. The minimum absolute atomic E-state index is 0.0917. The molecule has 0 aromatic carbocycles. The largest absolute Gasteiger partial charge is 0.396 e. The molecule has 2 N–H and O–H groups in total. The number of rotatable bonds is 6. The molecule has 0 radical (unpaired) electrons. The maximum Gasteiger partial charge on any atom is 0.220 e. The molecular formula is C11H21NO3. The van der Waals surface area contributed by atoms with Crippen LogP contribution in [0.4, 0.5) is 0 Å². The first-order valence-corrected chi connectivity index (χ1v) is 5.78. The van der Waals surface area contributed by atoms with E-state index in [1.165, 1.54) is 0 Å². The van der Waals surface area contributed by atoms with E-state index >= 15 is 0 Å². The molecule has 0 aliphatic carbocycles. The highest BCUT2D eigenvalue weighted by Gasteiger charge is 2.14. The number of aliphatic hydroxyl groups is 1. The molecule has 0 aromatic rings. The Kier molecular flexibility index (Phi) is 6.36. The molecule has 1 fully saturated rings. The third-order valence-corrected chi connectivity index (χ3v) is 2.65. The van der Waals surface area contributed by atoms with Gasteiger partial charge in [-0.25, -0.2) is 0 Å². The minimum atomic E-state index is 0.0917. The number of carbonyl (C=O) groups excluding carboxylic acids is 1. The average Bonchev–Trinajstić information content (AvgIpc) is 2.28. The fraction of sp³-hybridized carbons (Fsp3) is 0.909. The van der Waals surface area contributed by atoms with Crippen molar-refractivity contribution in [3.05, 3.63) is 0 Å².